The van der Waals surface area contributed by atoms with Crippen LogP contribution in [-0.2, 0) is 0 Å². The Morgan fingerprint density at radius 2 is 1.54 bits per heavy atom. The maximum atomic E-state index is 12.8. The summed E-state index contributed by atoms with van der Waals surface area (Å²) in [7, 11) is 4.43. The first-order valence-electron chi connectivity index (χ1n) is 10.4. The smallest absolute Gasteiger partial charge is 0.257 e. The predicted octanol–water partition coefficient (Wildman–Crippen LogP) is 4.53. The molecule has 0 unspecified atom stereocenters. The number of carbonyl (C=O) groups is 1. The summed E-state index contributed by atoms with van der Waals surface area (Å²) in [5.74, 6) is 0.609. The van der Waals surface area contributed by atoms with Crippen LogP contribution in [0.4, 0.5) is 5.69 Å². The molecule has 0 spiro atoms. The van der Waals surface area contributed by atoms with Gasteiger partial charge in [-0.15, -0.1) is 10.2 Å². The van der Waals surface area contributed by atoms with Gasteiger partial charge in [0.15, 0.2) is 16.6 Å². The molecule has 3 aromatic carbocycles. The molecule has 0 aliphatic heterocycles. The van der Waals surface area contributed by atoms with E-state index in [2.05, 4.69) is 20.8 Å². The highest BCUT2D eigenvalue weighted by Gasteiger charge is 2.18. The molecule has 0 atom stereocenters. The fourth-order valence-corrected chi connectivity index (χ4v) is 3.78. The van der Waals surface area contributed by atoms with Gasteiger partial charge in [0.25, 0.3) is 5.91 Å². The Morgan fingerprint density at radius 3 is 2.11 bits per heavy atom. The van der Waals surface area contributed by atoms with Gasteiger partial charge in [-0.25, -0.2) is 0 Å². The highest BCUT2D eigenvalue weighted by atomic mass is 35.5. The van der Waals surface area contributed by atoms with Crippen molar-refractivity contribution >= 4 is 51.6 Å². The third-order valence-electron chi connectivity index (χ3n) is 5.14. The molecule has 0 aliphatic carbocycles. The first-order valence-corrected chi connectivity index (χ1v) is 11.2. The average Bonchev–Trinajstić information content (AvgIpc) is 3.26. The molecule has 4 rings (SSSR count). The summed E-state index contributed by atoms with van der Waals surface area (Å²) in [5, 5.41) is 15.0. The predicted molar refractivity (Wildman–Crippen MR) is 138 cm³/mol. The van der Waals surface area contributed by atoms with E-state index >= 15 is 0 Å². The number of anilines is 1. The van der Waals surface area contributed by atoms with Crippen molar-refractivity contribution in [2.45, 2.75) is 6.92 Å². The lowest BCUT2D eigenvalue weighted by atomic mass is 10.1. The first kappa shape index (κ1) is 24.2. The molecule has 0 saturated carbocycles. The lowest BCUT2D eigenvalue weighted by Gasteiger charge is -2.15. The van der Waals surface area contributed by atoms with Crippen LogP contribution < -0.4 is 24.8 Å². The van der Waals surface area contributed by atoms with Gasteiger partial charge in [0, 0.05) is 5.56 Å². The summed E-state index contributed by atoms with van der Waals surface area (Å²) in [6, 6.07) is 14.3. The van der Waals surface area contributed by atoms with Gasteiger partial charge < -0.3 is 19.5 Å². The fourth-order valence-electron chi connectivity index (χ4n) is 3.37. The van der Waals surface area contributed by atoms with E-state index in [0.717, 1.165) is 11.3 Å². The summed E-state index contributed by atoms with van der Waals surface area (Å²) >= 11 is 11.8. The van der Waals surface area contributed by atoms with Gasteiger partial charge in [0.05, 0.1) is 37.7 Å². The topological polar surface area (TPSA) is 99.5 Å². The van der Waals surface area contributed by atoms with E-state index in [0.29, 0.717) is 39.0 Å². The standard InChI is InChI=1S/C24H22ClN5O4S/c1-13-5-7-15(8-6-13)30-28-18-11-16(25)17(12-19(18)29-30)26-24(35)27-23(31)14-9-20(32-2)22(34-4)21(10-14)33-3/h5-12H,1-4H3,(H2,26,27,31,35). The molecular weight excluding hydrogens is 490 g/mol. The van der Waals surface area contributed by atoms with Crippen LogP contribution in [0, 0.1) is 6.92 Å². The maximum Gasteiger partial charge on any atom is 0.257 e. The highest BCUT2D eigenvalue weighted by Crippen LogP contribution is 2.38. The van der Waals surface area contributed by atoms with E-state index in [1.807, 2.05) is 31.2 Å². The number of fused-ring (bicyclic) bond motifs is 1. The third-order valence-corrected chi connectivity index (χ3v) is 5.65. The molecule has 0 bridgehead atoms. The number of thiocarbonyl (C=S) groups is 1. The van der Waals surface area contributed by atoms with E-state index < -0.39 is 5.91 Å². The number of aromatic nitrogens is 3. The minimum absolute atomic E-state index is 0.0518. The quantitative estimate of drug-likeness (QED) is 0.364. The number of hydrogen-bond donors (Lipinski definition) is 2. The minimum Gasteiger partial charge on any atom is -0.493 e. The normalized spacial score (nSPS) is 10.7. The van der Waals surface area contributed by atoms with Crippen molar-refractivity contribution in [1.82, 2.24) is 20.3 Å². The van der Waals surface area contributed by atoms with E-state index in [1.54, 1.807) is 12.1 Å². The molecule has 1 aromatic heterocycles. The van der Waals surface area contributed by atoms with E-state index in [1.165, 1.54) is 38.3 Å². The molecule has 2 N–H and O–H groups in total. The number of halogens is 1. The van der Waals surface area contributed by atoms with Crippen molar-refractivity contribution in [3.8, 4) is 22.9 Å². The van der Waals surface area contributed by atoms with Crippen LogP contribution in [0.3, 0.4) is 0 Å². The average molecular weight is 512 g/mol. The van der Waals surface area contributed by atoms with E-state index in [9.17, 15) is 4.79 Å². The molecule has 1 heterocycles. The van der Waals surface area contributed by atoms with Gasteiger partial charge in [-0.2, -0.15) is 4.80 Å². The van der Waals surface area contributed by atoms with Gasteiger partial charge in [0.2, 0.25) is 5.75 Å². The number of rotatable bonds is 6. The number of carbonyl (C=O) groups excluding carboxylic acids is 1. The largest absolute Gasteiger partial charge is 0.493 e. The monoisotopic (exact) mass is 511 g/mol. The Morgan fingerprint density at radius 1 is 0.943 bits per heavy atom. The number of nitrogens with one attached hydrogen (secondary N) is 2. The molecule has 0 aliphatic rings. The second-order valence-corrected chi connectivity index (χ2v) is 8.28. The van der Waals surface area contributed by atoms with Crippen molar-refractivity contribution in [1.29, 1.82) is 0 Å². The molecule has 180 valence electrons. The Bertz CT molecular complexity index is 1400. The summed E-state index contributed by atoms with van der Waals surface area (Å²) in [6.07, 6.45) is 0. The summed E-state index contributed by atoms with van der Waals surface area (Å²) in [4.78, 5) is 14.3. The van der Waals surface area contributed by atoms with Crippen molar-refractivity contribution in [2.75, 3.05) is 26.6 Å². The molecule has 9 nitrogen and oxygen atoms in total. The SMILES string of the molecule is COc1cc(C(=O)NC(=S)Nc2cc3nn(-c4ccc(C)cc4)nc3cc2Cl)cc(OC)c1OC. The second-order valence-electron chi connectivity index (χ2n) is 7.47. The number of hydrogen-bond acceptors (Lipinski definition) is 7. The number of aryl methyl sites for hydroxylation is 1. The third kappa shape index (κ3) is 5.13. The molecule has 35 heavy (non-hydrogen) atoms. The molecule has 4 aromatic rings. The van der Waals surface area contributed by atoms with Gasteiger partial charge in [-0.3, -0.25) is 10.1 Å². The Kier molecular flexibility index (Phi) is 7.04. The van der Waals surface area contributed by atoms with Crippen molar-refractivity contribution < 1.29 is 19.0 Å². The number of ether oxygens (including phenoxy) is 3. The molecule has 1 amide bonds. The Labute approximate surface area is 211 Å². The van der Waals surface area contributed by atoms with Crippen molar-refractivity contribution in [2.24, 2.45) is 0 Å². The van der Waals surface area contributed by atoms with E-state index in [-0.39, 0.29) is 10.7 Å². The highest BCUT2D eigenvalue weighted by molar-refractivity contribution is 7.80. The fraction of sp³-hybridized carbons (Fsp3) is 0.167. The van der Waals surface area contributed by atoms with Crippen molar-refractivity contribution in [3.63, 3.8) is 0 Å². The van der Waals surface area contributed by atoms with Gasteiger partial charge in [-0.1, -0.05) is 29.3 Å². The van der Waals surface area contributed by atoms with Crippen LogP contribution in [0.1, 0.15) is 15.9 Å². The Hall–Kier alpha value is -3.89. The lowest BCUT2D eigenvalue weighted by Crippen LogP contribution is -2.34. The van der Waals surface area contributed by atoms with Crippen LogP contribution in [0.2, 0.25) is 5.02 Å². The van der Waals surface area contributed by atoms with Crippen LogP contribution >= 0.6 is 23.8 Å². The summed E-state index contributed by atoms with van der Waals surface area (Å²) in [6.45, 7) is 2.01. The second kappa shape index (κ2) is 10.2. The van der Waals surface area contributed by atoms with E-state index in [4.69, 9.17) is 38.0 Å². The zero-order valence-corrected chi connectivity index (χ0v) is 21.0. The number of methoxy groups -OCH3 is 3. The Balaban J connectivity index is 1.53. The van der Waals surface area contributed by atoms with Crippen LogP contribution in [0.5, 0.6) is 17.2 Å². The minimum atomic E-state index is -0.468. The molecule has 0 saturated heterocycles. The molecule has 0 radical (unpaired) electrons. The van der Waals surface area contributed by atoms with Crippen molar-refractivity contribution in [3.05, 3.63) is 64.7 Å². The number of nitrogens with zero attached hydrogens (tertiary/aromatic N) is 3. The van der Waals surface area contributed by atoms with Crippen LogP contribution in [0.15, 0.2) is 48.5 Å². The summed E-state index contributed by atoms with van der Waals surface area (Å²) in [5.41, 5.74) is 3.94. The number of amides is 1. The first-order chi connectivity index (χ1) is 16.8. The number of benzene rings is 3. The maximum absolute atomic E-state index is 12.8. The molecular formula is C24H22ClN5O4S. The van der Waals surface area contributed by atoms with Gasteiger partial charge in [-0.05, 0) is 55.5 Å². The van der Waals surface area contributed by atoms with Crippen LogP contribution in [-0.4, -0.2) is 47.3 Å². The van der Waals surface area contributed by atoms with Gasteiger partial charge in [0.1, 0.15) is 11.0 Å². The lowest BCUT2D eigenvalue weighted by molar-refractivity contribution is 0.0977. The molecule has 11 heteroatoms. The van der Waals surface area contributed by atoms with Crippen LogP contribution in [0.25, 0.3) is 16.7 Å². The molecule has 0 fully saturated rings. The van der Waals surface area contributed by atoms with Gasteiger partial charge >= 0.3 is 0 Å². The summed E-state index contributed by atoms with van der Waals surface area (Å²) < 4.78 is 15.9. The zero-order chi connectivity index (χ0) is 25.1. The zero-order valence-electron chi connectivity index (χ0n) is 19.4.